The fourth-order valence-corrected chi connectivity index (χ4v) is 1.88. The van der Waals surface area contributed by atoms with Gasteiger partial charge in [0.1, 0.15) is 23.2 Å². The van der Waals surface area contributed by atoms with E-state index in [1.165, 1.54) is 24.3 Å². The lowest BCUT2D eigenvalue weighted by molar-refractivity contribution is -0.112. The molecule has 0 aliphatic carbocycles. The lowest BCUT2D eigenvalue weighted by Gasteiger charge is -2.04. The molecule has 0 atom stereocenters. The highest BCUT2D eigenvalue weighted by atomic mass is 127. The van der Waals surface area contributed by atoms with E-state index >= 15 is 0 Å². The first-order chi connectivity index (χ1) is 9.60. The van der Waals surface area contributed by atoms with Gasteiger partial charge in [0.05, 0.1) is 5.69 Å². The zero-order valence-electron chi connectivity index (χ0n) is 10.1. The summed E-state index contributed by atoms with van der Waals surface area (Å²) in [5.41, 5.74) is -0.147. The fraction of sp³-hybridized carbons (Fsp3) is 0. The molecule has 1 amide bonds. The minimum absolute atomic E-state index is 0.0210. The summed E-state index contributed by atoms with van der Waals surface area (Å²) >= 11 is 1.97. The van der Waals surface area contributed by atoms with Crippen LogP contribution in [0.2, 0.25) is 0 Å². The summed E-state index contributed by atoms with van der Waals surface area (Å²) < 4.78 is 19.3. The normalized spacial score (nSPS) is 10.9. The Hall–Kier alpha value is -2.14. The summed E-state index contributed by atoms with van der Waals surface area (Å²) in [4.78, 5) is 11.9. The van der Waals surface area contributed by atoms with E-state index in [9.17, 15) is 9.18 Å². The molecule has 6 heteroatoms. The molecule has 0 spiro atoms. The molecule has 20 heavy (non-hydrogen) atoms. The van der Waals surface area contributed by atoms with Crippen molar-refractivity contribution in [1.82, 2.24) is 0 Å². The van der Waals surface area contributed by atoms with Crippen LogP contribution in [0.25, 0.3) is 6.08 Å². The molecule has 2 rings (SSSR count). The van der Waals surface area contributed by atoms with Gasteiger partial charge in [-0.05, 0) is 46.9 Å². The van der Waals surface area contributed by atoms with Crippen molar-refractivity contribution in [2.24, 2.45) is 0 Å². The van der Waals surface area contributed by atoms with Crippen LogP contribution in [0.3, 0.4) is 0 Å². The minimum atomic E-state index is -0.691. The Bertz CT molecular complexity index is 716. The van der Waals surface area contributed by atoms with Crippen molar-refractivity contribution >= 4 is 40.3 Å². The number of benzene rings is 1. The molecule has 0 radical (unpaired) electrons. The molecule has 1 heterocycles. The topological polar surface area (TPSA) is 66.0 Å². The molecular formula is C14H8FIN2O2. The summed E-state index contributed by atoms with van der Waals surface area (Å²) in [5, 5.41) is 11.3. The number of hydrogen-bond donors (Lipinski definition) is 1. The van der Waals surface area contributed by atoms with Gasteiger partial charge in [-0.3, -0.25) is 4.79 Å². The molecule has 4 nitrogen and oxygen atoms in total. The average Bonchev–Trinajstić information content (AvgIpc) is 2.84. The number of nitrogens with zero attached hydrogens (tertiary/aromatic N) is 1. The highest BCUT2D eigenvalue weighted by Crippen LogP contribution is 2.16. The molecule has 2 aromatic rings. The van der Waals surface area contributed by atoms with Crippen LogP contribution in [-0.2, 0) is 4.79 Å². The van der Waals surface area contributed by atoms with Crippen LogP contribution in [0, 0.1) is 20.9 Å². The summed E-state index contributed by atoms with van der Waals surface area (Å²) in [6, 6.07) is 10.8. The maximum Gasteiger partial charge on any atom is 0.266 e. The first-order valence-electron chi connectivity index (χ1n) is 5.53. The molecule has 100 valence electrons. The number of carbonyl (C=O) groups is 1. The SMILES string of the molecule is N#C/C(=C\c1ccc(I)o1)C(=O)Nc1ccccc1F. The number of halogens is 2. The second-order valence-electron chi connectivity index (χ2n) is 3.75. The zero-order valence-corrected chi connectivity index (χ0v) is 12.2. The number of nitrogens with one attached hydrogen (secondary N) is 1. The van der Waals surface area contributed by atoms with E-state index in [0.29, 0.717) is 9.53 Å². The second-order valence-corrected chi connectivity index (χ2v) is 4.81. The number of nitriles is 1. The summed E-state index contributed by atoms with van der Waals surface area (Å²) in [6.45, 7) is 0. The molecule has 1 aromatic heterocycles. The lowest BCUT2D eigenvalue weighted by atomic mass is 10.2. The standard InChI is InChI=1S/C14H8FIN2O2/c15-11-3-1-2-4-12(11)18-14(19)9(8-17)7-10-5-6-13(16)20-10/h1-7H,(H,18,19)/b9-7+. The predicted molar refractivity (Wildman–Crippen MR) is 80.0 cm³/mol. The summed E-state index contributed by atoms with van der Waals surface area (Å²) in [6.07, 6.45) is 1.30. The Morgan fingerprint density at radius 1 is 1.35 bits per heavy atom. The highest BCUT2D eigenvalue weighted by molar-refractivity contribution is 14.1. The van der Waals surface area contributed by atoms with E-state index < -0.39 is 11.7 Å². The summed E-state index contributed by atoms with van der Waals surface area (Å²) in [5.74, 6) is -0.871. The Morgan fingerprint density at radius 3 is 2.70 bits per heavy atom. The zero-order chi connectivity index (χ0) is 14.5. The molecule has 0 aliphatic heterocycles. The van der Waals surface area contributed by atoms with Crippen molar-refractivity contribution in [3.63, 3.8) is 0 Å². The van der Waals surface area contributed by atoms with Crippen molar-refractivity contribution in [2.45, 2.75) is 0 Å². The molecule has 0 aliphatic rings. The van der Waals surface area contributed by atoms with Crippen molar-refractivity contribution in [2.75, 3.05) is 5.32 Å². The molecule has 0 unspecified atom stereocenters. The number of amides is 1. The van der Waals surface area contributed by atoms with Crippen LogP contribution in [0.15, 0.2) is 46.4 Å². The van der Waals surface area contributed by atoms with Crippen LogP contribution in [0.4, 0.5) is 10.1 Å². The lowest BCUT2D eigenvalue weighted by Crippen LogP contribution is -2.14. The third-order valence-electron chi connectivity index (χ3n) is 2.37. The molecular weight excluding hydrogens is 374 g/mol. The molecule has 0 fully saturated rings. The predicted octanol–water partition coefficient (Wildman–Crippen LogP) is 3.57. The quantitative estimate of drug-likeness (QED) is 0.502. The van der Waals surface area contributed by atoms with E-state index in [4.69, 9.17) is 9.68 Å². The van der Waals surface area contributed by atoms with Gasteiger partial charge >= 0.3 is 0 Å². The van der Waals surface area contributed by atoms with Gasteiger partial charge < -0.3 is 9.73 Å². The van der Waals surface area contributed by atoms with Gasteiger partial charge in [0, 0.05) is 6.08 Å². The largest absolute Gasteiger partial charge is 0.451 e. The number of carbonyl (C=O) groups excluding carboxylic acids is 1. The van der Waals surface area contributed by atoms with Gasteiger partial charge in [0.2, 0.25) is 0 Å². The Balaban J connectivity index is 2.21. The van der Waals surface area contributed by atoms with E-state index in [1.54, 1.807) is 24.3 Å². The van der Waals surface area contributed by atoms with E-state index in [-0.39, 0.29) is 11.3 Å². The second kappa shape index (κ2) is 6.34. The number of hydrogen-bond acceptors (Lipinski definition) is 3. The van der Waals surface area contributed by atoms with Gasteiger partial charge in [-0.15, -0.1) is 0 Å². The van der Waals surface area contributed by atoms with Crippen molar-refractivity contribution in [1.29, 1.82) is 5.26 Å². The summed E-state index contributed by atoms with van der Waals surface area (Å²) in [7, 11) is 0. The van der Waals surface area contributed by atoms with Crippen LogP contribution in [0.1, 0.15) is 5.76 Å². The fourth-order valence-electron chi connectivity index (χ4n) is 1.45. The molecule has 0 bridgehead atoms. The minimum Gasteiger partial charge on any atom is -0.451 e. The molecule has 0 saturated heterocycles. The molecule has 1 N–H and O–H groups in total. The monoisotopic (exact) mass is 382 g/mol. The number of rotatable bonds is 3. The van der Waals surface area contributed by atoms with Crippen molar-refractivity contribution in [3.8, 4) is 6.07 Å². The van der Waals surface area contributed by atoms with Crippen molar-refractivity contribution < 1.29 is 13.6 Å². The number of para-hydroxylation sites is 1. The average molecular weight is 382 g/mol. The maximum absolute atomic E-state index is 13.4. The van der Waals surface area contributed by atoms with Crippen LogP contribution in [0.5, 0.6) is 0 Å². The maximum atomic E-state index is 13.4. The van der Waals surface area contributed by atoms with Gasteiger partial charge in [-0.1, -0.05) is 12.1 Å². The number of furan rings is 1. The van der Waals surface area contributed by atoms with Gasteiger partial charge in [-0.25, -0.2) is 4.39 Å². The smallest absolute Gasteiger partial charge is 0.266 e. The highest BCUT2D eigenvalue weighted by Gasteiger charge is 2.12. The first kappa shape index (κ1) is 14.3. The molecule has 0 saturated carbocycles. The van der Waals surface area contributed by atoms with E-state index in [1.807, 2.05) is 22.6 Å². The van der Waals surface area contributed by atoms with Gasteiger partial charge in [-0.2, -0.15) is 5.26 Å². The number of anilines is 1. The van der Waals surface area contributed by atoms with Crippen LogP contribution >= 0.6 is 22.6 Å². The van der Waals surface area contributed by atoms with E-state index in [2.05, 4.69) is 5.32 Å². The van der Waals surface area contributed by atoms with Crippen LogP contribution in [-0.4, -0.2) is 5.91 Å². The van der Waals surface area contributed by atoms with Gasteiger partial charge in [0.25, 0.3) is 5.91 Å². The van der Waals surface area contributed by atoms with Crippen molar-refractivity contribution in [3.05, 3.63) is 57.3 Å². The van der Waals surface area contributed by atoms with Gasteiger partial charge in [0.15, 0.2) is 3.77 Å². The Morgan fingerprint density at radius 2 is 2.10 bits per heavy atom. The molecule has 1 aromatic carbocycles. The first-order valence-corrected chi connectivity index (χ1v) is 6.61. The third-order valence-corrected chi connectivity index (χ3v) is 2.95. The Labute approximate surface area is 128 Å². The van der Waals surface area contributed by atoms with E-state index in [0.717, 1.165) is 0 Å². The third kappa shape index (κ3) is 3.45. The Kier molecular flexibility index (Phi) is 4.53. The van der Waals surface area contributed by atoms with Crippen LogP contribution < -0.4 is 5.32 Å².